The molecule has 1 N–H and O–H groups in total. The molecule has 0 aliphatic rings. The summed E-state index contributed by atoms with van der Waals surface area (Å²) in [6.07, 6.45) is 2.10. The number of rotatable bonds is 8. The molecule has 1 aromatic heterocycles. The first kappa shape index (κ1) is 25.2. The summed E-state index contributed by atoms with van der Waals surface area (Å²) in [5.41, 5.74) is 4.37. The highest BCUT2D eigenvalue weighted by molar-refractivity contribution is 5.98. The predicted octanol–water partition coefficient (Wildman–Crippen LogP) is 7.94. The third-order valence-electron chi connectivity index (χ3n) is 7.56. The fraction of sp³-hybridized carbons (Fsp3) is 0.0833. The molecular formula is C36H30N2O2. The van der Waals surface area contributed by atoms with Crippen LogP contribution in [0.25, 0.3) is 16.6 Å². The number of hydrogen-bond acceptors (Lipinski definition) is 3. The number of carbonyl (C=O) groups excluding carboxylic acids is 1. The summed E-state index contributed by atoms with van der Waals surface area (Å²) in [5.74, 6) is -0.341. The highest BCUT2D eigenvalue weighted by Gasteiger charge is 2.52. The molecule has 5 aromatic carbocycles. The minimum Gasteiger partial charge on any atom is -0.468 e. The summed E-state index contributed by atoms with van der Waals surface area (Å²) in [6.45, 7) is 0. The molecule has 6 aromatic rings. The van der Waals surface area contributed by atoms with Gasteiger partial charge in [0.05, 0.1) is 18.7 Å². The van der Waals surface area contributed by atoms with Crippen molar-refractivity contribution in [1.82, 2.24) is 4.57 Å². The van der Waals surface area contributed by atoms with Crippen molar-refractivity contribution in [3.8, 4) is 5.69 Å². The van der Waals surface area contributed by atoms with Crippen LogP contribution in [0, 0.1) is 0 Å². The van der Waals surface area contributed by atoms with Crippen LogP contribution in [0.15, 0.2) is 152 Å². The van der Waals surface area contributed by atoms with Crippen LogP contribution in [-0.2, 0) is 14.9 Å². The Hall–Kier alpha value is -5.09. The highest BCUT2D eigenvalue weighted by Crippen LogP contribution is 2.49. The van der Waals surface area contributed by atoms with E-state index in [-0.39, 0.29) is 5.97 Å². The first-order valence-electron chi connectivity index (χ1n) is 13.4. The lowest BCUT2D eigenvalue weighted by Gasteiger charge is -2.40. The number of fused-ring (bicyclic) bond motifs is 1. The molecule has 0 aliphatic carbocycles. The quantitative estimate of drug-likeness (QED) is 0.206. The average molecular weight is 523 g/mol. The van der Waals surface area contributed by atoms with Gasteiger partial charge in [-0.15, -0.1) is 0 Å². The van der Waals surface area contributed by atoms with Crippen molar-refractivity contribution < 1.29 is 9.53 Å². The van der Waals surface area contributed by atoms with Gasteiger partial charge in [-0.2, -0.15) is 0 Å². The summed E-state index contributed by atoms with van der Waals surface area (Å²) in [4.78, 5) is 14.6. The summed E-state index contributed by atoms with van der Waals surface area (Å²) >= 11 is 0. The van der Waals surface area contributed by atoms with Gasteiger partial charge in [-0.3, -0.25) is 4.79 Å². The van der Waals surface area contributed by atoms with Crippen molar-refractivity contribution >= 4 is 22.6 Å². The number of ether oxygens (including phenoxy) is 1. The first-order valence-corrected chi connectivity index (χ1v) is 13.4. The number of methoxy groups -OCH3 is 1. The van der Waals surface area contributed by atoms with E-state index in [0.29, 0.717) is 0 Å². The number of carbonyl (C=O) groups is 1. The summed E-state index contributed by atoms with van der Waals surface area (Å²) in [7, 11) is 1.47. The minimum atomic E-state index is -1.24. The van der Waals surface area contributed by atoms with Crippen LogP contribution in [-0.4, -0.2) is 17.6 Å². The molecule has 0 radical (unpaired) electrons. The highest BCUT2D eigenvalue weighted by atomic mass is 16.5. The maximum absolute atomic E-state index is 14.6. The Morgan fingerprint density at radius 2 is 1.25 bits per heavy atom. The number of hydrogen-bond donors (Lipinski definition) is 1. The maximum Gasteiger partial charge on any atom is 0.323 e. The largest absolute Gasteiger partial charge is 0.468 e. The topological polar surface area (TPSA) is 43.3 Å². The van der Waals surface area contributed by atoms with Crippen LogP contribution in [0.5, 0.6) is 0 Å². The average Bonchev–Trinajstić information content (AvgIpc) is 3.42. The van der Waals surface area contributed by atoms with Crippen molar-refractivity contribution in [3.63, 3.8) is 0 Å². The van der Waals surface area contributed by atoms with Crippen molar-refractivity contribution in [2.45, 2.75) is 11.5 Å². The lowest BCUT2D eigenvalue weighted by Crippen LogP contribution is -2.46. The molecular weight excluding hydrogens is 492 g/mol. The van der Waals surface area contributed by atoms with E-state index in [4.69, 9.17) is 4.74 Å². The second kappa shape index (κ2) is 11.0. The molecule has 2 atom stereocenters. The smallest absolute Gasteiger partial charge is 0.323 e. The fourth-order valence-corrected chi connectivity index (χ4v) is 5.77. The monoisotopic (exact) mass is 522 g/mol. The van der Waals surface area contributed by atoms with Crippen LogP contribution in [0.4, 0.5) is 5.69 Å². The van der Waals surface area contributed by atoms with Crippen molar-refractivity contribution in [1.29, 1.82) is 0 Å². The molecule has 0 amide bonds. The zero-order valence-electron chi connectivity index (χ0n) is 22.3. The number of anilines is 1. The SMILES string of the molecule is COC(=O)C(c1ccccc1)(c1cn(-c2ccccc2)c2ccccc12)C(Nc1ccccc1)c1ccccc1. The summed E-state index contributed by atoms with van der Waals surface area (Å²) in [6, 6.07) is 48.1. The molecule has 0 saturated heterocycles. The van der Waals surface area contributed by atoms with Crippen molar-refractivity contribution in [3.05, 3.63) is 168 Å². The molecule has 0 spiro atoms. The molecule has 4 heteroatoms. The van der Waals surface area contributed by atoms with Crippen LogP contribution in [0.3, 0.4) is 0 Å². The van der Waals surface area contributed by atoms with Gasteiger partial charge in [0.1, 0.15) is 5.41 Å². The molecule has 0 bridgehead atoms. The minimum absolute atomic E-state index is 0.341. The van der Waals surface area contributed by atoms with Gasteiger partial charge in [-0.05, 0) is 41.5 Å². The van der Waals surface area contributed by atoms with Crippen LogP contribution in [0.1, 0.15) is 22.7 Å². The zero-order chi connectivity index (χ0) is 27.4. The molecule has 0 saturated carbocycles. The number of para-hydroxylation sites is 3. The Bertz CT molecular complexity index is 1710. The van der Waals surface area contributed by atoms with Crippen LogP contribution < -0.4 is 5.32 Å². The van der Waals surface area contributed by atoms with Gasteiger partial charge in [0.25, 0.3) is 0 Å². The first-order chi connectivity index (χ1) is 19.7. The Morgan fingerprint density at radius 3 is 1.90 bits per heavy atom. The van der Waals surface area contributed by atoms with E-state index in [2.05, 4.69) is 52.5 Å². The molecule has 0 aliphatic heterocycles. The van der Waals surface area contributed by atoms with Crippen LogP contribution >= 0.6 is 0 Å². The van der Waals surface area contributed by atoms with E-state index in [0.717, 1.165) is 39.0 Å². The lowest BCUT2D eigenvalue weighted by atomic mass is 9.66. The van der Waals surface area contributed by atoms with Gasteiger partial charge >= 0.3 is 5.97 Å². The van der Waals surface area contributed by atoms with Crippen molar-refractivity contribution in [2.24, 2.45) is 0 Å². The van der Waals surface area contributed by atoms with E-state index in [1.54, 1.807) is 0 Å². The van der Waals surface area contributed by atoms with Gasteiger partial charge in [0, 0.05) is 28.5 Å². The van der Waals surface area contributed by atoms with Gasteiger partial charge in [0.15, 0.2) is 0 Å². The van der Waals surface area contributed by atoms with Crippen LogP contribution in [0.2, 0.25) is 0 Å². The van der Waals surface area contributed by atoms with Gasteiger partial charge in [-0.1, -0.05) is 115 Å². The Labute approximate surface area is 234 Å². The third kappa shape index (κ3) is 4.34. The molecule has 40 heavy (non-hydrogen) atoms. The standard InChI is InChI=1S/C36H30N2O2/c1-40-35(39)36(28-18-8-3-9-19-28,34(27-16-6-2-7-17-27)37-29-20-10-4-11-21-29)32-26-38(30-22-12-5-13-23-30)33-25-15-14-24-31(32)33/h2-26,34,37H,1H3. The molecule has 4 nitrogen and oxygen atoms in total. The summed E-state index contributed by atoms with van der Waals surface area (Å²) < 4.78 is 7.90. The Balaban J connectivity index is 1.73. The van der Waals surface area contributed by atoms with Gasteiger partial charge in [0.2, 0.25) is 0 Å². The summed E-state index contributed by atoms with van der Waals surface area (Å²) in [5, 5.41) is 4.73. The second-order valence-corrected chi connectivity index (χ2v) is 9.79. The van der Waals surface area contributed by atoms with Gasteiger partial charge < -0.3 is 14.6 Å². The molecule has 2 unspecified atom stereocenters. The molecule has 1 heterocycles. The van der Waals surface area contributed by atoms with E-state index in [1.165, 1.54) is 7.11 Å². The number of aromatic nitrogens is 1. The van der Waals surface area contributed by atoms with Crippen molar-refractivity contribution in [2.75, 3.05) is 12.4 Å². The number of nitrogens with zero attached hydrogens (tertiary/aromatic N) is 1. The molecule has 196 valence electrons. The van der Waals surface area contributed by atoms with E-state index < -0.39 is 11.5 Å². The van der Waals surface area contributed by atoms with E-state index in [1.807, 2.05) is 109 Å². The molecule has 6 rings (SSSR count). The number of nitrogens with one attached hydrogen (secondary N) is 1. The number of esters is 1. The predicted molar refractivity (Wildman–Crippen MR) is 162 cm³/mol. The van der Waals surface area contributed by atoms with Gasteiger partial charge in [-0.25, -0.2) is 0 Å². The third-order valence-corrected chi connectivity index (χ3v) is 7.56. The lowest BCUT2D eigenvalue weighted by molar-refractivity contribution is -0.146. The maximum atomic E-state index is 14.6. The number of benzene rings is 5. The van der Waals surface area contributed by atoms with E-state index >= 15 is 0 Å². The Morgan fingerprint density at radius 1 is 0.700 bits per heavy atom. The van der Waals surface area contributed by atoms with E-state index in [9.17, 15) is 4.79 Å². The molecule has 0 fully saturated rings. The zero-order valence-corrected chi connectivity index (χ0v) is 22.3. The Kier molecular flexibility index (Phi) is 6.90. The fourth-order valence-electron chi connectivity index (χ4n) is 5.77. The second-order valence-electron chi connectivity index (χ2n) is 9.79. The normalized spacial score (nSPS) is 13.3.